The molecule has 0 saturated carbocycles. The van der Waals surface area contributed by atoms with Crippen LogP contribution in [-0.2, 0) is 16.0 Å². The van der Waals surface area contributed by atoms with Crippen molar-refractivity contribution >= 4 is 46.8 Å². The van der Waals surface area contributed by atoms with E-state index < -0.39 is 118 Å². The fraction of sp³-hybridized carbons (Fsp3) is 0.640. The van der Waals surface area contributed by atoms with Crippen LogP contribution in [0.2, 0.25) is 0 Å². The number of aliphatic hydroxyl groups excluding tert-OH is 11. The van der Waals surface area contributed by atoms with Gasteiger partial charge in [0.25, 0.3) is 23.6 Å². The van der Waals surface area contributed by atoms with Crippen LogP contribution >= 0.6 is 0 Å². The molecule has 0 aliphatic rings. The largest absolute Gasteiger partial charge is 0.394 e. The maximum absolute atomic E-state index is 14.3. The zero-order chi connectivity index (χ0) is 56.7. The number of anilines is 2. The molecule has 73 heavy (non-hydrogen) atoms. The topological polar surface area (TPSA) is 344 Å². The summed E-state index contributed by atoms with van der Waals surface area (Å²) in [5, 5.41) is 114. The van der Waals surface area contributed by atoms with Crippen molar-refractivity contribution in [3.8, 4) is 0 Å². The third kappa shape index (κ3) is 15.9. The van der Waals surface area contributed by atoms with Gasteiger partial charge in [-0.25, -0.2) is 0 Å². The molecule has 11 N–H and O–H groups in total. The highest BCUT2D eigenvalue weighted by molar-refractivity contribution is 6.09. The Morgan fingerprint density at radius 2 is 0.658 bits per heavy atom. The highest BCUT2D eigenvalue weighted by Crippen LogP contribution is 2.38. The number of likely N-dealkylation sites (N-methyl/N-ethyl adjacent to an activating group) is 4. The molecule has 2 aromatic rings. The van der Waals surface area contributed by atoms with E-state index in [1.54, 1.807) is 6.92 Å². The molecule has 0 aromatic heterocycles. The monoisotopic (exact) mass is 1040 g/mol. The fourth-order valence-electron chi connectivity index (χ4n) is 8.86. The van der Waals surface area contributed by atoms with Crippen LogP contribution in [0, 0.1) is 34.6 Å². The molecule has 0 heterocycles. The van der Waals surface area contributed by atoms with Crippen molar-refractivity contribution in [3.05, 3.63) is 55.6 Å². The lowest BCUT2D eigenvalue weighted by Crippen LogP contribution is -2.51. The standard InChI is InChI=1S/C48H76N6O17.C2H6/c1-13-35-41(48(71)52(12)17-34(64)23-58)25(3)40(47(70)51(11)16-33(63)22-57)28(6)43(35)54(30(8)60)19-37(66)44(67)36(65)18-53(29(7)59)42-26(4)38(45(68)49(9)14-31(61)20-55)24(2)39(27(42)5)46(69)50(10)15-32(62)21-56;1-2/h31-34,36-37,44,55-58,61-67H,13-23H2,1-12H3;1-2H3. The average Bonchev–Trinajstić information content (AvgIpc) is 3.34. The van der Waals surface area contributed by atoms with Crippen molar-refractivity contribution in [2.75, 3.05) is 104 Å². The van der Waals surface area contributed by atoms with Crippen molar-refractivity contribution in [1.82, 2.24) is 19.6 Å². The minimum absolute atomic E-state index is 0.0242. The van der Waals surface area contributed by atoms with Gasteiger partial charge >= 0.3 is 0 Å². The third-order valence-electron chi connectivity index (χ3n) is 12.5. The second-order valence-corrected chi connectivity index (χ2v) is 18.1. The van der Waals surface area contributed by atoms with Gasteiger partial charge in [-0.3, -0.25) is 28.8 Å². The smallest absolute Gasteiger partial charge is 0.254 e. The number of benzene rings is 2. The first kappa shape index (κ1) is 65.8. The number of hydrogen-bond donors (Lipinski definition) is 11. The second-order valence-electron chi connectivity index (χ2n) is 18.1. The molecule has 414 valence electrons. The minimum Gasteiger partial charge on any atom is -0.394 e. The Morgan fingerprint density at radius 1 is 0.411 bits per heavy atom. The van der Waals surface area contributed by atoms with Crippen molar-refractivity contribution in [3.63, 3.8) is 0 Å². The van der Waals surface area contributed by atoms with E-state index in [1.807, 2.05) is 13.8 Å². The predicted molar refractivity (Wildman–Crippen MR) is 272 cm³/mol. The molecular weight excluding hydrogens is 957 g/mol. The van der Waals surface area contributed by atoms with Gasteiger partial charge in [0.15, 0.2) is 0 Å². The summed E-state index contributed by atoms with van der Waals surface area (Å²) in [5.41, 5.74) is 0.439. The molecule has 2 rings (SSSR count). The first-order valence-electron chi connectivity index (χ1n) is 24.1. The lowest BCUT2D eigenvalue weighted by Gasteiger charge is -2.35. The normalized spacial score (nSPS) is 14.1. The van der Waals surface area contributed by atoms with Gasteiger partial charge in [0.1, 0.15) is 18.3 Å². The molecule has 23 heteroatoms. The SMILES string of the molecule is CC.CCc1c(C(=O)N(C)CC(O)CO)c(C)c(C(=O)N(C)CC(O)CO)c(C)c1N(CC(O)C(O)C(O)CN(C(C)=O)c1c(C)c(C(=O)N(C)CC(O)CO)c(C)c(C(=O)N(C)CC(O)CO)c1C)C(C)=O. The number of aliphatic hydroxyl groups is 11. The van der Waals surface area contributed by atoms with Crippen LogP contribution in [0.5, 0.6) is 0 Å². The fourth-order valence-corrected chi connectivity index (χ4v) is 8.86. The summed E-state index contributed by atoms with van der Waals surface area (Å²) in [6, 6.07) is 0. The number of rotatable bonds is 25. The van der Waals surface area contributed by atoms with E-state index in [9.17, 15) is 84.9 Å². The molecule has 7 unspecified atom stereocenters. The van der Waals surface area contributed by atoms with Crippen LogP contribution in [0.1, 0.15) is 109 Å². The summed E-state index contributed by atoms with van der Waals surface area (Å²) in [6.45, 7) is 9.65. The summed E-state index contributed by atoms with van der Waals surface area (Å²) in [6.07, 6.45) is -11.5. The van der Waals surface area contributed by atoms with Crippen molar-refractivity contribution in [2.24, 2.45) is 0 Å². The van der Waals surface area contributed by atoms with E-state index in [0.717, 1.165) is 43.2 Å². The van der Waals surface area contributed by atoms with E-state index in [-0.39, 0.29) is 99.6 Å². The molecule has 0 aliphatic carbocycles. The Bertz CT molecular complexity index is 2190. The van der Waals surface area contributed by atoms with Crippen LogP contribution in [0.25, 0.3) is 0 Å². The van der Waals surface area contributed by atoms with E-state index in [2.05, 4.69) is 0 Å². The average molecular weight is 1040 g/mol. The molecule has 0 bridgehead atoms. The van der Waals surface area contributed by atoms with Crippen LogP contribution < -0.4 is 9.80 Å². The maximum atomic E-state index is 14.3. The molecule has 23 nitrogen and oxygen atoms in total. The Balaban J connectivity index is 0.0000131. The van der Waals surface area contributed by atoms with Crippen molar-refractivity contribution in [2.45, 2.75) is 118 Å². The lowest BCUT2D eigenvalue weighted by atomic mass is 9.87. The molecule has 0 aliphatic heterocycles. The summed E-state index contributed by atoms with van der Waals surface area (Å²) >= 11 is 0. The summed E-state index contributed by atoms with van der Waals surface area (Å²) in [4.78, 5) is 90.5. The quantitative estimate of drug-likeness (QED) is 0.0513. The molecule has 7 atom stereocenters. The van der Waals surface area contributed by atoms with Gasteiger partial charge in [0, 0.05) is 90.5 Å². The molecule has 6 amide bonds. The van der Waals surface area contributed by atoms with Gasteiger partial charge in [-0.05, 0) is 74.4 Å². The van der Waals surface area contributed by atoms with Gasteiger partial charge in [-0.1, -0.05) is 20.8 Å². The van der Waals surface area contributed by atoms with Gasteiger partial charge in [-0.2, -0.15) is 0 Å². The van der Waals surface area contributed by atoms with Gasteiger partial charge in [0.05, 0.1) is 75.3 Å². The Morgan fingerprint density at radius 3 is 0.918 bits per heavy atom. The lowest BCUT2D eigenvalue weighted by molar-refractivity contribution is -0.117. The molecule has 0 spiro atoms. The number of nitrogens with zero attached hydrogens (tertiary/aromatic N) is 6. The zero-order valence-corrected chi connectivity index (χ0v) is 44.9. The Kier molecular flexibility index (Phi) is 26.7. The second kappa shape index (κ2) is 29.6. The van der Waals surface area contributed by atoms with Gasteiger partial charge in [0.2, 0.25) is 11.8 Å². The first-order valence-corrected chi connectivity index (χ1v) is 24.1. The third-order valence-corrected chi connectivity index (χ3v) is 12.5. The van der Waals surface area contributed by atoms with E-state index in [0.29, 0.717) is 0 Å². The summed E-state index contributed by atoms with van der Waals surface area (Å²) in [7, 11) is 5.37. The molecule has 0 saturated heterocycles. The number of amides is 6. The summed E-state index contributed by atoms with van der Waals surface area (Å²) in [5.74, 6) is -4.43. The molecular formula is C50H82N6O17. The van der Waals surface area contributed by atoms with Crippen LogP contribution in [0.4, 0.5) is 11.4 Å². The molecule has 2 aromatic carbocycles. The van der Waals surface area contributed by atoms with Gasteiger partial charge < -0.3 is 85.6 Å². The first-order chi connectivity index (χ1) is 34.0. The molecule has 0 radical (unpaired) electrons. The van der Waals surface area contributed by atoms with E-state index >= 15 is 0 Å². The minimum atomic E-state index is -2.15. The van der Waals surface area contributed by atoms with Crippen LogP contribution in [0.3, 0.4) is 0 Å². The molecule has 0 fully saturated rings. The zero-order valence-electron chi connectivity index (χ0n) is 44.9. The maximum Gasteiger partial charge on any atom is 0.254 e. The Labute approximate surface area is 428 Å². The van der Waals surface area contributed by atoms with E-state index in [4.69, 9.17) is 0 Å². The number of hydrogen-bond acceptors (Lipinski definition) is 17. The van der Waals surface area contributed by atoms with Crippen LogP contribution in [0.15, 0.2) is 0 Å². The predicted octanol–water partition coefficient (Wildman–Crippen LogP) is -1.99. The number of carbonyl (C=O) groups is 6. The van der Waals surface area contributed by atoms with Gasteiger partial charge in [-0.15, -0.1) is 0 Å². The van der Waals surface area contributed by atoms with Crippen molar-refractivity contribution < 1.29 is 84.9 Å². The summed E-state index contributed by atoms with van der Waals surface area (Å²) < 4.78 is 0. The highest BCUT2D eigenvalue weighted by atomic mass is 16.4. The highest BCUT2D eigenvalue weighted by Gasteiger charge is 2.38. The van der Waals surface area contributed by atoms with Crippen molar-refractivity contribution in [1.29, 1.82) is 0 Å². The van der Waals surface area contributed by atoms with Crippen LogP contribution in [-0.4, -0.2) is 248 Å². The Hall–Kier alpha value is -5.18. The number of carbonyl (C=O) groups excluding carboxylic acids is 6. The van der Waals surface area contributed by atoms with E-state index in [1.165, 1.54) is 62.8 Å².